The van der Waals surface area contributed by atoms with E-state index in [2.05, 4.69) is 5.32 Å². The molecule has 5 nitrogen and oxygen atoms in total. The molecule has 1 aliphatic rings. The lowest BCUT2D eigenvalue weighted by atomic mass is 10.1. The van der Waals surface area contributed by atoms with Crippen LogP contribution in [0.4, 0.5) is 5.69 Å². The second-order valence-electron chi connectivity index (χ2n) is 8.09. The van der Waals surface area contributed by atoms with Crippen molar-refractivity contribution in [2.24, 2.45) is 5.92 Å². The van der Waals surface area contributed by atoms with Crippen molar-refractivity contribution in [3.05, 3.63) is 93.5 Å². The topological polar surface area (TPSA) is 58.6 Å². The van der Waals surface area contributed by atoms with E-state index in [1.54, 1.807) is 35.2 Å². The van der Waals surface area contributed by atoms with Crippen LogP contribution >= 0.6 is 23.2 Å². The molecule has 33 heavy (non-hydrogen) atoms. The molecular formula is C26H24Cl2N2O3. The molecule has 0 radical (unpaired) electrons. The van der Waals surface area contributed by atoms with Gasteiger partial charge in [0.05, 0.1) is 5.92 Å². The maximum atomic E-state index is 12.6. The Balaban J connectivity index is 1.33. The minimum atomic E-state index is -0.374. The van der Waals surface area contributed by atoms with Gasteiger partial charge in [-0.05, 0) is 48.9 Å². The average molecular weight is 483 g/mol. The van der Waals surface area contributed by atoms with Gasteiger partial charge in [-0.3, -0.25) is 9.59 Å². The molecule has 1 heterocycles. The summed E-state index contributed by atoms with van der Waals surface area (Å²) in [7, 11) is 0. The second-order valence-corrected chi connectivity index (χ2v) is 8.91. The summed E-state index contributed by atoms with van der Waals surface area (Å²) in [6, 6.07) is 20.5. The number of carbonyl (C=O) groups is 2. The Morgan fingerprint density at radius 3 is 2.36 bits per heavy atom. The van der Waals surface area contributed by atoms with Gasteiger partial charge in [0.15, 0.2) is 0 Å². The minimum Gasteiger partial charge on any atom is -0.489 e. The summed E-state index contributed by atoms with van der Waals surface area (Å²) < 4.78 is 5.80. The molecule has 1 atom stereocenters. The number of hydrogen-bond acceptors (Lipinski definition) is 3. The van der Waals surface area contributed by atoms with E-state index in [0.717, 1.165) is 16.8 Å². The molecule has 0 saturated carbocycles. The molecular weight excluding hydrogens is 459 g/mol. The summed E-state index contributed by atoms with van der Waals surface area (Å²) >= 11 is 12.4. The Morgan fingerprint density at radius 1 is 1.03 bits per heavy atom. The van der Waals surface area contributed by atoms with Crippen molar-refractivity contribution < 1.29 is 14.3 Å². The van der Waals surface area contributed by atoms with Crippen LogP contribution in [0, 0.1) is 12.8 Å². The van der Waals surface area contributed by atoms with Gasteiger partial charge in [-0.25, -0.2) is 0 Å². The normalized spacial score (nSPS) is 15.5. The highest BCUT2D eigenvalue weighted by Gasteiger charge is 2.35. The van der Waals surface area contributed by atoms with Gasteiger partial charge in [-0.1, -0.05) is 59.1 Å². The van der Waals surface area contributed by atoms with Gasteiger partial charge in [0.2, 0.25) is 11.8 Å². The van der Waals surface area contributed by atoms with Gasteiger partial charge >= 0.3 is 0 Å². The Morgan fingerprint density at radius 2 is 1.70 bits per heavy atom. The van der Waals surface area contributed by atoms with Crippen molar-refractivity contribution in [3.63, 3.8) is 0 Å². The molecule has 0 bridgehead atoms. The van der Waals surface area contributed by atoms with Gasteiger partial charge in [0.25, 0.3) is 0 Å². The van der Waals surface area contributed by atoms with Crippen LogP contribution in [0.1, 0.15) is 23.1 Å². The largest absolute Gasteiger partial charge is 0.489 e. The molecule has 7 heteroatoms. The molecule has 1 fully saturated rings. The first-order valence-electron chi connectivity index (χ1n) is 10.7. The predicted molar refractivity (Wildman–Crippen MR) is 131 cm³/mol. The Bertz CT molecular complexity index is 1130. The summed E-state index contributed by atoms with van der Waals surface area (Å²) in [5.74, 6) is 0.0833. The van der Waals surface area contributed by atoms with Crippen molar-refractivity contribution in [1.82, 2.24) is 5.32 Å². The lowest BCUT2D eigenvalue weighted by molar-refractivity contribution is -0.126. The lowest BCUT2D eigenvalue weighted by Gasteiger charge is -2.17. The van der Waals surface area contributed by atoms with Gasteiger partial charge < -0.3 is 15.0 Å². The summed E-state index contributed by atoms with van der Waals surface area (Å²) in [6.07, 6.45) is 0.197. The van der Waals surface area contributed by atoms with E-state index in [-0.39, 0.29) is 30.8 Å². The number of aryl methyl sites for hydroxylation is 1. The number of benzene rings is 3. The van der Waals surface area contributed by atoms with Crippen LogP contribution in [0.2, 0.25) is 10.0 Å². The monoisotopic (exact) mass is 482 g/mol. The fourth-order valence-electron chi connectivity index (χ4n) is 3.72. The van der Waals surface area contributed by atoms with E-state index in [9.17, 15) is 9.59 Å². The van der Waals surface area contributed by atoms with Crippen LogP contribution < -0.4 is 15.0 Å². The van der Waals surface area contributed by atoms with Gasteiger partial charge in [0, 0.05) is 40.8 Å². The number of amides is 2. The SMILES string of the molecule is Cc1ccc(CNC(=O)C2CC(=O)N(c3ccc(OCc4c(Cl)cccc4Cl)cc3)C2)cc1. The van der Waals surface area contributed by atoms with Crippen LogP contribution in [0.25, 0.3) is 0 Å². The minimum absolute atomic E-state index is 0.0676. The second kappa shape index (κ2) is 10.3. The number of nitrogens with one attached hydrogen (secondary N) is 1. The Labute approximate surface area is 203 Å². The third-order valence-electron chi connectivity index (χ3n) is 5.68. The number of halogens is 2. The highest BCUT2D eigenvalue weighted by atomic mass is 35.5. The lowest BCUT2D eigenvalue weighted by Crippen LogP contribution is -2.32. The molecule has 1 unspecified atom stereocenters. The molecule has 1 N–H and O–H groups in total. The molecule has 0 spiro atoms. The maximum Gasteiger partial charge on any atom is 0.227 e. The molecule has 170 valence electrons. The smallest absolute Gasteiger partial charge is 0.227 e. The standard InChI is InChI=1S/C26H24Cl2N2O3/c1-17-5-7-18(8-6-17)14-29-26(32)19-13-25(31)30(15-19)20-9-11-21(12-10-20)33-16-22-23(27)3-2-4-24(22)28/h2-12,19H,13-16H2,1H3,(H,29,32). The van der Waals surface area contributed by atoms with Crippen molar-refractivity contribution >= 4 is 40.7 Å². The third kappa shape index (κ3) is 5.67. The number of nitrogens with zero attached hydrogens (tertiary/aromatic N) is 1. The summed E-state index contributed by atoms with van der Waals surface area (Å²) in [6.45, 7) is 3.07. The summed E-state index contributed by atoms with van der Waals surface area (Å²) in [4.78, 5) is 26.8. The number of anilines is 1. The first-order valence-corrected chi connectivity index (χ1v) is 11.5. The summed E-state index contributed by atoms with van der Waals surface area (Å²) in [5, 5.41) is 4.04. The molecule has 3 aromatic carbocycles. The number of hydrogen-bond donors (Lipinski definition) is 1. The summed E-state index contributed by atoms with van der Waals surface area (Å²) in [5.41, 5.74) is 3.66. The molecule has 1 aliphatic heterocycles. The van der Waals surface area contributed by atoms with Crippen LogP contribution in [0.15, 0.2) is 66.7 Å². The van der Waals surface area contributed by atoms with Crippen molar-refractivity contribution in [3.8, 4) is 5.75 Å². The first-order chi connectivity index (χ1) is 15.9. The van der Waals surface area contributed by atoms with Gasteiger partial charge in [0.1, 0.15) is 12.4 Å². The van der Waals surface area contributed by atoms with E-state index in [1.165, 1.54) is 5.56 Å². The fourth-order valence-corrected chi connectivity index (χ4v) is 4.23. The Kier molecular flexibility index (Phi) is 7.21. The van der Waals surface area contributed by atoms with Crippen LogP contribution in [0.3, 0.4) is 0 Å². The zero-order chi connectivity index (χ0) is 23.4. The zero-order valence-corrected chi connectivity index (χ0v) is 19.7. The van der Waals surface area contributed by atoms with E-state index in [1.807, 2.05) is 43.3 Å². The number of rotatable bonds is 7. The van der Waals surface area contributed by atoms with Crippen molar-refractivity contribution in [2.45, 2.75) is 26.5 Å². The fraction of sp³-hybridized carbons (Fsp3) is 0.231. The van der Waals surface area contributed by atoms with Crippen molar-refractivity contribution in [1.29, 1.82) is 0 Å². The molecule has 0 aromatic heterocycles. The number of carbonyl (C=O) groups excluding carboxylic acids is 2. The van der Waals surface area contributed by atoms with E-state index in [4.69, 9.17) is 27.9 Å². The van der Waals surface area contributed by atoms with Gasteiger partial charge in [-0.15, -0.1) is 0 Å². The quantitative estimate of drug-likeness (QED) is 0.480. The molecule has 1 saturated heterocycles. The molecule has 2 amide bonds. The number of ether oxygens (including phenoxy) is 1. The van der Waals surface area contributed by atoms with E-state index >= 15 is 0 Å². The van der Waals surface area contributed by atoms with E-state index in [0.29, 0.717) is 28.9 Å². The third-order valence-corrected chi connectivity index (χ3v) is 6.38. The van der Waals surface area contributed by atoms with Crippen molar-refractivity contribution in [2.75, 3.05) is 11.4 Å². The highest BCUT2D eigenvalue weighted by Crippen LogP contribution is 2.29. The van der Waals surface area contributed by atoms with Crippen LogP contribution in [-0.4, -0.2) is 18.4 Å². The average Bonchev–Trinajstić information content (AvgIpc) is 3.20. The molecule has 4 rings (SSSR count). The van der Waals surface area contributed by atoms with Crippen LogP contribution in [-0.2, 0) is 22.7 Å². The van der Waals surface area contributed by atoms with Crippen LogP contribution in [0.5, 0.6) is 5.75 Å². The highest BCUT2D eigenvalue weighted by molar-refractivity contribution is 6.35. The van der Waals surface area contributed by atoms with E-state index < -0.39 is 0 Å². The van der Waals surface area contributed by atoms with Gasteiger partial charge in [-0.2, -0.15) is 0 Å². The molecule has 3 aromatic rings. The molecule has 0 aliphatic carbocycles. The predicted octanol–water partition coefficient (Wildman–Crippen LogP) is 5.55. The zero-order valence-electron chi connectivity index (χ0n) is 18.2. The Hall–Kier alpha value is -3.02. The first kappa shape index (κ1) is 23.1. The maximum absolute atomic E-state index is 12.6.